The Balaban J connectivity index is 2.17. The van der Waals surface area contributed by atoms with E-state index in [2.05, 4.69) is 53.2 Å². The number of piperidine rings is 1. The van der Waals surface area contributed by atoms with E-state index in [-0.39, 0.29) is 36.6 Å². The van der Waals surface area contributed by atoms with Crippen LogP contribution in [-0.2, 0) is 76.5 Å². The van der Waals surface area contributed by atoms with Crippen LogP contribution in [0.25, 0.3) is 0 Å². The maximum atomic E-state index is 15.3. The Kier molecular flexibility index (Phi) is 33.5. The molecule has 2 aliphatic heterocycles. The lowest BCUT2D eigenvalue weighted by atomic mass is 9.87. The van der Waals surface area contributed by atoms with Crippen molar-refractivity contribution in [3.63, 3.8) is 0 Å². The summed E-state index contributed by atoms with van der Waals surface area (Å²) in [6.07, 6.45) is -2.34. The number of nitrogens with one attached hydrogen (secondary N) is 10. The molecule has 2 saturated heterocycles. The average molecular weight is 1400 g/mol. The number of benzene rings is 1. The fourth-order valence-electron chi connectivity index (χ4n) is 10.6. The number of phenols is 1. The zero-order valence-electron chi connectivity index (χ0n) is 58.5. The molecule has 1 aromatic rings. The molecular formula is C65H103N13O21. The van der Waals surface area contributed by atoms with Gasteiger partial charge in [-0.05, 0) is 96.3 Å². The molecule has 99 heavy (non-hydrogen) atoms. The van der Waals surface area contributed by atoms with Gasteiger partial charge in [0, 0.05) is 32.7 Å². The molecule has 0 bridgehead atoms. The molecule has 2 heterocycles. The molecule has 19 atom stereocenters. The number of carbonyl (C=O) groups is 13. The number of hydrogen-bond acceptors (Lipinski definition) is 22. The number of primary amides is 1. The number of rotatable bonds is 27. The largest absolute Gasteiger partial charge is 0.508 e. The van der Waals surface area contributed by atoms with Crippen LogP contribution in [0.5, 0.6) is 5.75 Å². The van der Waals surface area contributed by atoms with Crippen molar-refractivity contribution in [3.8, 4) is 5.75 Å². The zero-order chi connectivity index (χ0) is 75.1. The van der Waals surface area contributed by atoms with Gasteiger partial charge in [0.1, 0.15) is 78.4 Å². The molecular weight excluding hydrogens is 1300 g/mol. The summed E-state index contributed by atoms with van der Waals surface area (Å²) in [5.41, 5.74) is 10.5. The summed E-state index contributed by atoms with van der Waals surface area (Å²) in [6, 6.07) is -12.1. The molecule has 12 amide bonds. The normalized spacial score (nSPS) is 24.5. The summed E-state index contributed by atoms with van der Waals surface area (Å²) in [5, 5.41) is 77.1. The highest BCUT2D eigenvalue weighted by Gasteiger charge is 2.47. The zero-order valence-corrected chi connectivity index (χ0v) is 58.5. The summed E-state index contributed by atoms with van der Waals surface area (Å²) in [5.74, 6) is -18.2. The third kappa shape index (κ3) is 24.6. The first kappa shape index (κ1) is 84.6. The Hall–Kier alpha value is -8.67. The van der Waals surface area contributed by atoms with Crippen LogP contribution in [0.15, 0.2) is 48.1 Å². The minimum absolute atomic E-state index is 0.0933. The topological polar surface area (TPSA) is 526 Å². The van der Waals surface area contributed by atoms with E-state index in [1.165, 1.54) is 85.1 Å². The van der Waals surface area contributed by atoms with Gasteiger partial charge in [-0.3, -0.25) is 57.5 Å². The monoisotopic (exact) mass is 1400 g/mol. The number of esters is 1. The highest BCUT2D eigenvalue weighted by molar-refractivity contribution is 6.00. The predicted octanol–water partition coefficient (Wildman–Crippen LogP) is -4.65. The molecule has 1 aromatic carbocycles. The van der Waals surface area contributed by atoms with Gasteiger partial charge in [0.25, 0.3) is 5.91 Å². The molecule has 19 N–H and O–H groups in total. The van der Waals surface area contributed by atoms with E-state index in [4.69, 9.17) is 25.7 Å². The number of carbonyl (C=O) groups excluding carboxylic acids is 13. The van der Waals surface area contributed by atoms with Gasteiger partial charge in [0.2, 0.25) is 65.0 Å². The van der Waals surface area contributed by atoms with Crippen LogP contribution in [0.1, 0.15) is 120 Å². The van der Waals surface area contributed by atoms with E-state index in [1.54, 1.807) is 6.92 Å². The second-order valence-electron chi connectivity index (χ2n) is 25.8. The van der Waals surface area contributed by atoms with Gasteiger partial charge in [-0.15, -0.1) is 0 Å². The Morgan fingerprint density at radius 3 is 1.96 bits per heavy atom. The molecule has 0 aliphatic carbocycles. The van der Waals surface area contributed by atoms with Crippen molar-refractivity contribution in [1.82, 2.24) is 58.1 Å². The second kappa shape index (κ2) is 39.2. The molecule has 0 radical (unpaired) electrons. The summed E-state index contributed by atoms with van der Waals surface area (Å²) in [7, 11) is 2.36. The van der Waals surface area contributed by atoms with E-state index in [0.717, 1.165) is 44.8 Å². The lowest BCUT2D eigenvalue weighted by molar-refractivity contribution is -0.168. The fraction of sp³-hybridized carbons (Fsp3) is 0.646. The van der Waals surface area contributed by atoms with Gasteiger partial charge < -0.3 is 109 Å². The van der Waals surface area contributed by atoms with Gasteiger partial charge in [0.05, 0.1) is 31.9 Å². The number of nitrogens with zero attached hydrogens (tertiary/aromatic N) is 1. The van der Waals surface area contributed by atoms with Gasteiger partial charge in [0.15, 0.2) is 5.60 Å². The van der Waals surface area contributed by atoms with Crippen LogP contribution in [0.2, 0.25) is 0 Å². The number of nitrogens with two attached hydrogens (primary N) is 2. The van der Waals surface area contributed by atoms with Crippen molar-refractivity contribution in [2.75, 3.05) is 40.5 Å². The molecule has 0 spiro atoms. The first-order valence-electron chi connectivity index (χ1n) is 32.7. The molecule has 554 valence electrons. The predicted molar refractivity (Wildman–Crippen MR) is 354 cm³/mol. The summed E-state index contributed by atoms with van der Waals surface area (Å²) >= 11 is 0. The molecule has 0 saturated carbocycles. The number of amides is 12. The smallest absolute Gasteiger partial charge is 0.329 e. The van der Waals surface area contributed by atoms with Gasteiger partial charge in [-0.2, -0.15) is 0 Å². The third-order valence-electron chi connectivity index (χ3n) is 17.1. The van der Waals surface area contributed by atoms with E-state index in [0.29, 0.717) is 6.42 Å². The number of aliphatic hydroxyl groups is 4. The van der Waals surface area contributed by atoms with E-state index >= 15 is 19.2 Å². The number of methoxy groups -OCH3 is 2. The van der Waals surface area contributed by atoms with E-state index in [1.807, 2.05) is 19.9 Å². The molecule has 2 aliphatic rings. The van der Waals surface area contributed by atoms with Gasteiger partial charge in [-0.25, -0.2) is 4.79 Å². The molecule has 3 rings (SSSR count). The molecule has 6 unspecified atom stereocenters. The Morgan fingerprint density at radius 1 is 0.798 bits per heavy atom. The summed E-state index contributed by atoms with van der Waals surface area (Å²) in [6.45, 7) is 14.5. The first-order chi connectivity index (χ1) is 46.2. The minimum Gasteiger partial charge on any atom is -0.508 e. The van der Waals surface area contributed by atoms with Gasteiger partial charge in [-0.1, -0.05) is 83.9 Å². The lowest BCUT2D eigenvalue weighted by Crippen LogP contribution is -2.66. The van der Waals surface area contributed by atoms with Crippen molar-refractivity contribution in [1.29, 1.82) is 0 Å². The molecule has 34 heteroatoms. The first-order valence-corrected chi connectivity index (χ1v) is 32.7. The minimum atomic E-state index is -2.46. The number of fused-ring (bicyclic) bond motifs is 1. The Labute approximate surface area is 575 Å². The Morgan fingerprint density at radius 2 is 1.40 bits per heavy atom. The van der Waals surface area contributed by atoms with Gasteiger partial charge >= 0.3 is 5.97 Å². The van der Waals surface area contributed by atoms with Crippen molar-refractivity contribution >= 4 is 76.9 Å². The van der Waals surface area contributed by atoms with Crippen molar-refractivity contribution in [2.24, 2.45) is 35.1 Å². The number of aliphatic hydroxyl groups excluding tert-OH is 3. The lowest BCUT2D eigenvalue weighted by Gasteiger charge is -2.40. The highest BCUT2D eigenvalue weighted by atomic mass is 16.5. The quantitative estimate of drug-likeness (QED) is 0.0291. The maximum absolute atomic E-state index is 15.3. The van der Waals surface area contributed by atoms with Crippen LogP contribution >= 0.6 is 0 Å². The second-order valence-corrected chi connectivity index (χ2v) is 25.8. The van der Waals surface area contributed by atoms with Crippen LogP contribution in [0.3, 0.4) is 0 Å². The van der Waals surface area contributed by atoms with E-state index in [9.17, 15) is 68.7 Å². The van der Waals surface area contributed by atoms with Crippen molar-refractivity contribution < 1.29 is 102 Å². The van der Waals surface area contributed by atoms with Crippen LogP contribution in [-0.4, -0.2) is 238 Å². The number of allylic oxidation sites excluding steroid dienone is 3. The van der Waals surface area contributed by atoms with Crippen LogP contribution in [0, 0.1) is 23.7 Å². The molecule has 0 aromatic heterocycles. The van der Waals surface area contributed by atoms with Crippen molar-refractivity contribution in [2.45, 2.75) is 205 Å². The number of cyclic esters (lactones) is 1. The Bertz CT molecular complexity index is 3070. The number of hydrogen-bond donors (Lipinski definition) is 17. The van der Waals surface area contributed by atoms with E-state index < -0.39 is 211 Å². The van der Waals surface area contributed by atoms with Crippen molar-refractivity contribution in [3.05, 3.63) is 53.6 Å². The molecule has 34 nitrogen and oxygen atoms in total. The summed E-state index contributed by atoms with van der Waals surface area (Å²) in [4.78, 5) is 185. The maximum Gasteiger partial charge on any atom is 0.329 e. The summed E-state index contributed by atoms with van der Waals surface area (Å²) < 4.78 is 17.3. The number of ether oxygens (including phenoxy) is 3. The fourth-order valence-corrected chi connectivity index (χ4v) is 10.6. The van der Waals surface area contributed by atoms with Crippen LogP contribution in [0.4, 0.5) is 0 Å². The number of phenolic OH excluding ortho intramolecular Hbond substituents is 1. The molecule has 2 fully saturated rings. The third-order valence-corrected chi connectivity index (χ3v) is 17.1. The SMILES string of the molecule is CCC(C)/C=C(C)/C=C\C(O)C(C)(O)C(=O)NCC(=O)N[C@@H](C(=O)N[C@H](C(=O)N[C@H](C(=O)N[C@H]1C(=O)N[C@H](COC)C(=O)NCC(=O)N[C@@H](C)C(=O)NC([C@@H](C)O)C(=O)NC(C(OC)c2ccc(O)cc2)C(=O)N2CCCC[C@H]2C(=O)O[C@@H]1C(C)C)[C@@H](C)[C@@H](C)C(N)=O)[C@H](C)N)[C@@H](C)O. The van der Waals surface area contributed by atoms with Crippen LogP contribution < -0.4 is 64.6 Å². The average Bonchev–Trinajstić information content (AvgIpc) is 0.800. The standard InChI is InChI=1S/C65H103N13O21/c1-15-31(4)26-32(5)19-24-43(82)65(12,96)64(95)69-28-45(84)72-48(37(10)79)59(90)74-47(35(8)66)58(89)73-46(33(6)34(7)54(67)85)57(88)76-50-52(30(2)3)99-63(94)42-18-16-17-25-78(42)62(93)51(53(98-14)39-20-22-40(81)23-21-39)77-60(91)49(38(11)80)75-55(86)36(9)70-44(83)27-68-56(87)41(29-97-13)71-61(50)92/h19-24,26,30-31,33-38,41-43,46-53,79-82,96H,15-18,25,27-29,66H2,1-14H3,(H2,67,85)(H,68,87)(H,69,95)(H,70,83)(H,71,92)(H,72,84)(H,73,89)(H,74,90)(H,75,86)(H,76,88)(H,77,91)/b24-19-,32-26+/t31?,33-,34+,35-,36-,37+,38+,41+,42-,43?,46-,47-,48+,49?,50+,51?,52+,53?,65?/m0/s1. The highest BCUT2D eigenvalue weighted by Crippen LogP contribution is 2.29. The number of aromatic hydroxyl groups is 1.